The smallest absolute Gasteiger partial charge is 0.212 e. The molecule has 3 aromatic rings. The Labute approximate surface area is 115 Å². The molecule has 1 aromatic carbocycles. The molecule has 20 heavy (non-hydrogen) atoms. The van der Waals surface area contributed by atoms with Crippen LogP contribution in [-0.4, -0.2) is 14.5 Å². The van der Waals surface area contributed by atoms with E-state index in [-0.39, 0.29) is 0 Å². The molecule has 1 N–H and O–H groups in total. The zero-order chi connectivity index (χ0) is 13.8. The van der Waals surface area contributed by atoms with Crippen molar-refractivity contribution in [2.45, 2.75) is 6.54 Å². The second-order valence-corrected chi connectivity index (χ2v) is 4.36. The molecule has 0 bridgehead atoms. The Balaban J connectivity index is 1.65. The predicted octanol–water partition coefficient (Wildman–Crippen LogP) is 3.02. The molecule has 0 aliphatic rings. The first-order valence-electron chi connectivity index (χ1n) is 6.24. The molecule has 0 aliphatic carbocycles. The van der Waals surface area contributed by atoms with E-state index in [2.05, 4.69) is 15.3 Å². The second-order valence-electron chi connectivity index (χ2n) is 4.36. The summed E-state index contributed by atoms with van der Waals surface area (Å²) in [5.74, 6) is -0.472. The zero-order valence-corrected chi connectivity index (χ0v) is 10.7. The van der Waals surface area contributed by atoms with Crippen LogP contribution in [0.15, 0.2) is 61.3 Å². The molecule has 2 aromatic heterocycles. The number of hydrogen-bond donors (Lipinski definition) is 1. The fourth-order valence-corrected chi connectivity index (χ4v) is 1.88. The Morgan fingerprint density at radius 2 is 1.95 bits per heavy atom. The number of halogens is 1. The molecule has 0 saturated carbocycles. The maximum Gasteiger partial charge on any atom is 0.212 e. The van der Waals surface area contributed by atoms with Gasteiger partial charge in [0, 0.05) is 24.6 Å². The number of nitrogens with one attached hydrogen (secondary N) is 1. The average molecular weight is 268 g/mol. The van der Waals surface area contributed by atoms with Gasteiger partial charge < -0.3 is 9.88 Å². The van der Waals surface area contributed by atoms with Gasteiger partial charge in [-0.1, -0.05) is 12.1 Å². The average Bonchev–Trinajstić information content (AvgIpc) is 3.01. The monoisotopic (exact) mass is 268 g/mol. The van der Waals surface area contributed by atoms with E-state index < -0.39 is 5.95 Å². The summed E-state index contributed by atoms with van der Waals surface area (Å²) in [5, 5.41) is 3.19. The molecule has 100 valence electrons. The number of benzene rings is 1. The van der Waals surface area contributed by atoms with Gasteiger partial charge in [-0.15, -0.1) is 0 Å². The van der Waals surface area contributed by atoms with Gasteiger partial charge in [0.15, 0.2) is 0 Å². The lowest BCUT2D eigenvalue weighted by molar-refractivity contribution is 0.584. The van der Waals surface area contributed by atoms with Crippen molar-refractivity contribution in [2.24, 2.45) is 0 Å². The van der Waals surface area contributed by atoms with Crippen LogP contribution < -0.4 is 5.32 Å². The fraction of sp³-hybridized carbons (Fsp3) is 0.0667. The number of nitrogens with zero attached hydrogens (tertiary/aromatic N) is 3. The molecular formula is C15H13FN4. The highest BCUT2D eigenvalue weighted by molar-refractivity contribution is 5.42. The summed E-state index contributed by atoms with van der Waals surface area (Å²) < 4.78 is 14.6. The molecule has 0 atom stereocenters. The van der Waals surface area contributed by atoms with Gasteiger partial charge in [-0.2, -0.15) is 4.39 Å². The van der Waals surface area contributed by atoms with Crippen molar-refractivity contribution in [1.29, 1.82) is 0 Å². The van der Waals surface area contributed by atoms with E-state index in [4.69, 9.17) is 0 Å². The molecule has 0 radical (unpaired) electrons. The Kier molecular flexibility index (Phi) is 3.41. The van der Waals surface area contributed by atoms with Crippen LogP contribution in [0.4, 0.5) is 10.1 Å². The van der Waals surface area contributed by atoms with Crippen molar-refractivity contribution in [2.75, 3.05) is 5.32 Å². The largest absolute Gasteiger partial charge is 0.380 e. The first-order valence-corrected chi connectivity index (χ1v) is 6.24. The van der Waals surface area contributed by atoms with Gasteiger partial charge in [-0.05, 0) is 29.8 Å². The predicted molar refractivity (Wildman–Crippen MR) is 75.1 cm³/mol. The number of pyridine rings is 1. The molecule has 2 heterocycles. The first kappa shape index (κ1) is 12.3. The van der Waals surface area contributed by atoms with Crippen molar-refractivity contribution in [3.05, 3.63) is 72.8 Å². The van der Waals surface area contributed by atoms with Crippen LogP contribution in [0.1, 0.15) is 5.56 Å². The van der Waals surface area contributed by atoms with Gasteiger partial charge in [-0.3, -0.25) is 0 Å². The zero-order valence-electron chi connectivity index (χ0n) is 10.7. The van der Waals surface area contributed by atoms with Crippen LogP contribution in [0.5, 0.6) is 0 Å². The fourth-order valence-electron chi connectivity index (χ4n) is 1.88. The molecule has 0 aliphatic heterocycles. The maximum absolute atomic E-state index is 12.7. The van der Waals surface area contributed by atoms with E-state index in [1.54, 1.807) is 18.6 Å². The van der Waals surface area contributed by atoms with Gasteiger partial charge in [0.1, 0.15) is 0 Å². The minimum atomic E-state index is -0.472. The van der Waals surface area contributed by atoms with E-state index in [0.29, 0.717) is 6.54 Å². The normalized spacial score (nSPS) is 10.4. The van der Waals surface area contributed by atoms with Gasteiger partial charge in [0.2, 0.25) is 5.95 Å². The summed E-state index contributed by atoms with van der Waals surface area (Å²) in [6.07, 6.45) is 6.89. The molecule has 0 saturated heterocycles. The summed E-state index contributed by atoms with van der Waals surface area (Å²) in [5.41, 5.74) is 3.00. The van der Waals surface area contributed by atoms with Crippen LogP contribution in [0.25, 0.3) is 5.69 Å². The highest BCUT2D eigenvalue weighted by atomic mass is 19.1. The molecule has 4 nitrogen and oxygen atoms in total. The second kappa shape index (κ2) is 5.52. The minimum absolute atomic E-state index is 0.472. The third-order valence-electron chi connectivity index (χ3n) is 2.96. The number of imidazole rings is 1. The van der Waals surface area contributed by atoms with Crippen molar-refractivity contribution < 1.29 is 4.39 Å². The summed E-state index contributed by atoms with van der Waals surface area (Å²) in [6, 6.07) is 11.1. The van der Waals surface area contributed by atoms with Crippen molar-refractivity contribution in [1.82, 2.24) is 14.5 Å². The van der Waals surface area contributed by atoms with E-state index in [1.807, 2.05) is 35.0 Å². The number of hydrogen-bond acceptors (Lipinski definition) is 3. The molecular weight excluding hydrogens is 255 g/mol. The molecule has 3 rings (SSSR count). The molecule has 0 amide bonds. The number of rotatable bonds is 4. The van der Waals surface area contributed by atoms with Crippen LogP contribution in [-0.2, 0) is 6.54 Å². The standard InChI is InChI=1S/C15H13FN4/c16-15-6-3-13(10-19-15)18-9-12-1-4-14(5-2-12)20-8-7-17-11-20/h1-8,10-11,18H,9H2. The molecule has 0 unspecified atom stereocenters. The van der Waals surface area contributed by atoms with Crippen LogP contribution in [0, 0.1) is 5.95 Å². The minimum Gasteiger partial charge on any atom is -0.380 e. The van der Waals surface area contributed by atoms with E-state index in [1.165, 1.54) is 12.3 Å². The highest BCUT2D eigenvalue weighted by Crippen LogP contribution is 2.11. The lowest BCUT2D eigenvalue weighted by Crippen LogP contribution is -2.00. The van der Waals surface area contributed by atoms with Gasteiger partial charge in [0.25, 0.3) is 0 Å². The van der Waals surface area contributed by atoms with Gasteiger partial charge in [0.05, 0.1) is 18.2 Å². The van der Waals surface area contributed by atoms with Crippen molar-refractivity contribution in [3.63, 3.8) is 0 Å². The lowest BCUT2D eigenvalue weighted by Gasteiger charge is -2.07. The third kappa shape index (κ3) is 2.83. The molecule has 5 heteroatoms. The van der Waals surface area contributed by atoms with Crippen LogP contribution >= 0.6 is 0 Å². The Hall–Kier alpha value is -2.69. The summed E-state index contributed by atoms with van der Waals surface area (Å²) in [6.45, 7) is 0.664. The Bertz CT molecular complexity index is 660. The molecule has 0 fully saturated rings. The Morgan fingerprint density at radius 1 is 1.10 bits per heavy atom. The first-order chi connectivity index (χ1) is 9.81. The summed E-state index contributed by atoms with van der Waals surface area (Å²) >= 11 is 0. The quantitative estimate of drug-likeness (QED) is 0.740. The van der Waals surface area contributed by atoms with Crippen molar-refractivity contribution in [3.8, 4) is 5.69 Å². The van der Waals surface area contributed by atoms with Gasteiger partial charge in [-0.25, -0.2) is 9.97 Å². The highest BCUT2D eigenvalue weighted by Gasteiger charge is 1.98. The molecule has 0 spiro atoms. The Morgan fingerprint density at radius 3 is 2.60 bits per heavy atom. The number of aromatic nitrogens is 3. The third-order valence-corrected chi connectivity index (χ3v) is 2.96. The topological polar surface area (TPSA) is 42.7 Å². The summed E-state index contributed by atoms with van der Waals surface area (Å²) in [4.78, 5) is 7.62. The SMILES string of the molecule is Fc1ccc(NCc2ccc(-n3ccnc3)cc2)cn1. The maximum atomic E-state index is 12.7. The van der Waals surface area contributed by atoms with E-state index >= 15 is 0 Å². The number of anilines is 1. The van der Waals surface area contributed by atoms with Crippen LogP contribution in [0.3, 0.4) is 0 Å². The van der Waals surface area contributed by atoms with E-state index in [9.17, 15) is 4.39 Å². The van der Waals surface area contributed by atoms with E-state index in [0.717, 1.165) is 16.9 Å². The van der Waals surface area contributed by atoms with Gasteiger partial charge >= 0.3 is 0 Å². The summed E-state index contributed by atoms with van der Waals surface area (Å²) in [7, 11) is 0. The van der Waals surface area contributed by atoms with Crippen LogP contribution in [0.2, 0.25) is 0 Å². The van der Waals surface area contributed by atoms with Crippen molar-refractivity contribution >= 4 is 5.69 Å². The lowest BCUT2D eigenvalue weighted by atomic mass is 10.2.